The molecule has 4 aromatic rings. The van der Waals surface area contributed by atoms with E-state index in [1.54, 1.807) is 30.3 Å². The molecule has 3 heterocycles. The first-order valence-electron chi connectivity index (χ1n) is 10.4. The molecule has 1 aliphatic heterocycles. The minimum Gasteiger partial charge on any atom is -0.453 e. The number of ether oxygens (including phenoxy) is 1. The number of sulfonamides is 1. The Hall–Kier alpha value is -3.05. The number of Topliss-reactive ketones (excluding diaryl/α,β-unsaturated/α-hetero) is 1. The SMILES string of the molecule is O=C(CNc1nc(-c2ccc(S(=O)(=O)N3CCOCC3)cc2)cs1)c1cc2ccccc2o1. The summed E-state index contributed by atoms with van der Waals surface area (Å²) in [6.45, 7) is 1.59. The Morgan fingerprint density at radius 3 is 2.61 bits per heavy atom. The number of hydrogen-bond acceptors (Lipinski definition) is 8. The van der Waals surface area contributed by atoms with E-state index in [9.17, 15) is 13.2 Å². The van der Waals surface area contributed by atoms with Gasteiger partial charge in [0.1, 0.15) is 5.58 Å². The molecule has 1 saturated heterocycles. The molecule has 0 saturated carbocycles. The number of thiazole rings is 1. The molecule has 0 spiro atoms. The molecule has 0 bridgehead atoms. The van der Waals surface area contributed by atoms with Gasteiger partial charge < -0.3 is 14.5 Å². The van der Waals surface area contributed by atoms with Gasteiger partial charge in [0.05, 0.1) is 30.3 Å². The molecule has 1 aliphatic rings. The van der Waals surface area contributed by atoms with Crippen molar-refractivity contribution in [2.45, 2.75) is 4.90 Å². The number of aromatic nitrogens is 1. The second-order valence-electron chi connectivity index (χ2n) is 7.50. The number of carbonyl (C=O) groups excluding carboxylic acids is 1. The van der Waals surface area contributed by atoms with Gasteiger partial charge in [-0.15, -0.1) is 11.3 Å². The Kier molecular flexibility index (Phi) is 5.98. The molecule has 2 aromatic heterocycles. The number of anilines is 1. The predicted molar refractivity (Wildman–Crippen MR) is 126 cm³/mol. The van der Waals surface area contributed by atoms with E-state index >= 15 is 0 Å². The van der Waals surface area contributed by atoms with Crippen LogP contribution in [0.1, 0.15) is 10.6 Å². The monoisotopic (exact) mass is 483 g/mol. The molecule has 1 fully saturated rings. The lowest BCUT2D eigenvalue weighted by molar-refractivity contribution is 0.0730. The van der Waals surface area contributed by atoms with Crippen molar-refractivity contribution in [3.8, 4) is 11.3 Å². The number of ketones is 1. The summed E-state index contributed by atoms with van der Waals surface area (Å²) in [5.41, 5.74) is 2.18. The maximum absolute atomic E-state index is 12.8. The molecule has 0 radical (unpaired) electrons. The van der Waals surface area contributed by atoms with Crippen LogP contribution in [-0.2, 0) is 14.8 Å². The van der Waals surface area contributed by atoms with E-state index in [1.165, 1.54) is 15.6 Å². The van der Waals surface area contributed by atoms with Crippen molar-refractivity contribution in [2.75, 3.05) is 38.2 Å². The second kappa shape index (κ2) is 9.06. The second-order valence-corrected chi connectivity index (χ2v) is 10.3. The van der Waals surface area contributed by atoms with E-state index in [4.69, 9.17) is 9.15 Å². The number of nitrogens with zero attached hydrogens (tertiary/aromatic N) is 2. The summed E-state index contributed by atoms with van der Waals surface area (Å²) < 4.78 is 37.8. The standard InChI is InChI=1S/C23H21N3O5S2/c27-20(22-13-17-3-1-2-4-21(17)31-22)14-24-23-25-19(15-32-23)16-5-7-18(8-6-16)33(28,29)26-9-11-30-12-10-26/h1-8,13,15H,9-12,14H2,(H,24,25). The van der Waals surface area contributed by atoms with Gasteiger partial charge in [-0.1, -0.05) is 30.3 Å². The van der Waals surface area contributed by atoms with Crippen LogP contribution in [0.4, 0.5) is 5.13 Å². The first-order valence-corrected chi connectivity index (χ1v) is 12.7. The number of morpholine rings is 1. The van der Waals surface area contributed by atoms with Crippen LogP contribution >= 0.6 is 11.3 Å². The topological polar surface area (TPSA) is 102 Å². The van der Waals surface area contributed by atoms with Gasteiger partial charge in [0.2, 0.25) is 15.8 Å². The number of benzene rings is 2. The Bertz CT molecular complexity index is 1350. The Balaban J connectivity index is 1.24. The summed E-state index contributed by atoms with van der Waals surface area (Å²) in [6, 6.07) is 15.9. The van der Waals surface area contributed by atoms with Crippen LogP contribution in [0.15, 0.2) is 69.3 Å². The summed E-state index contributed by atoms with van der Waals surface area (Å²) in [5.74, 6) is 0.137. The fraction of sp³-hybridized carbons (Fsp3) is 0.217. The smallest absolute Gasteiger partial charge is 0.243 e. The molecule has 0 atom stereocenters. The third-order valence-electron chi connectivity index (χ3n) is 5.36. The van der Waals surface area contributed by atoms with E-state index in [-0.39, 0.29) is 17.2 Å². The maximum atomic E-state index is 12.8. The molecular weight excluding hydrogens is 462 g/mol. The minimum absolute atomic E-state index is 0.0590. The number of hydrogen-bond donors (Lipinski definition) is 1. The Morgan fingerprint density at radius 1 is 1.09 bits per heavy atom. The van der Waals surface area contributed by atoms with E-state index in [0.29, 0.717) is 48.5 Å². The first kappa shape index (κ1) is 21.8. The quantitative estimate of drug-likeness (QED) is 0.398. The van der Waals surface area contributed by atoms with Crippen molar-refractivity contribution in [3.63, 3.8) is 0 Å². The number of furan rings is 1. The largest absolute Gasteiger partial charge is 0.453 e. The molecule has 0 unspecified atom stereocenters. The average molecular weight is 484 g/mol. The third-order valence-corrected chi connectivity index (χ3v) is 8.08. The fourth-order valence-electron chi connectivity index (χ4n) is 3.58. The van der Waals surface area contributed by atoms with Crippen molar-refractivity contribution in [3.05, 3.63) is 65.7 Å². The van der Waals surface area contributed by atoms with E-state index in [0.717, 1.165) is 10.9 Å². The molecule has 10 heteroatoms. The lowest BCUT2D eigenvalue weighted by Crippen LogP contribution is -2.40. The van der Waals surface area contributed by atoms with E-state index in [2.05, 4.69) is 10.3 Å². The van der Waals surface area contributed by atoms with Gasteiger partial charge in [-0.05, 0) is 24.3 Å². The molecule has 33 heavy (non-hydrogen) atoms. The van der Waals surface area contributed by atoms with Crippen LogP contribution in [0.3, 0.4) is 0 Å². The molecular formula is C23H21N3O5S2. The fourth-order valence-corrected chi connectivity index (χ4v) is 5.71. The van der Waals surface area contributed by atoms with Crippen LogP contribution < -0.4 is 5.32 Å². The Labute approximate surface area is 194 Å². The summed E-state index contributed by atoms with van der Waals surface area (Å²) in [7, 11) is -3.53. The molecule has 0 amide bonds. The third kappa shape index (κ3) is 4.55. The van der Waals surface area contributed by atoms with Gasteiger partial charge in [-0.25, -0.2) is 13.4 Å². The zero-order valence-electron chi connectivity index (χ0n) is 17.6. The summed E-state index contributed by atoms with van der Waals surface area (Å²) in [6.07, 6.45) is 0. The molecule has 1 N–H and O–H groups in total. The van der Waals surface area contributed by atoms with Gasteiger partial charge in [0.25, 0.3) is 0 Å². The predicted octanol–water partition coefficient (Wildman–Crippen LogP) is 3.87. The lowest BCUT2D eigenvalue weighted by Gasteiger charge is -2.26. The number of fused-ring (bicyclic) bond motifs is 1. The number of carbonyl (C=O) groups is 1. The van der Waals surface area contributed by atoms with Gasteiger partial charge in [-0.2, -0.15) is 4.31 Å². The number of nitrogens with one attached hydrogen (secondary N) is 1. The van der Waals surface area contributed by atoms with Gasteiger partial charge in [0, 0.05) is 29.4 Å². The van der Waals surface area contributed by atoms with Crippen LogP contribution in [-0.4, -0.2) is 56.3 Å². The van der Waals surface area contributed by atoms with Crippen LogP contribution in [0, 0.1) is 0 Å². The summed E-state index contributed by atoms with van der Waals surface area (Å²) in [5, 5.41) is 6.38. The van der Waals surface area contributed by atoms with Crippen LogP contribution in [0.5, 0.6) is 0 Å². The molecule has 5 rings (SSSR count). The molecule has 2 aromatic carbocycles. The van der Waals surface area contributed by atoms with Gasteiger partial charge in [0.15, 0.2) is 10.9 Å². The molecule has 0 aliphatic carbocycles. The lowest BCUT2D eigenvalue weighted by atomic mass is 10.2. The highest BCUT2D eigenvalue weighted by molar-refractivity contribution is 7.89. The number of para-hydroxylation sites is 1. The minimum atomic E-state index is -3.53. The highest BCUT2D eigenvalue weighted by atomic mass is 32.2. The summed E-state index contributed by atoms with van der Waals surface area (Å²) in [4.78, 5) is 17.2. The maximum Gasteiger partial charge on any atom is 0.243 e. The van der Waals surface area contributed by atoms with Crippen molar-refractivity contribution in [1.29, 1.82) is 0 Å². The zero-order chi connectivity index (χ0) is 22.8. The van der Waals surface area contributed by atoms with Gasteiger partial charge in [-0.3, -0.25) is 4.79 Å². The highest BCUT2D eigenvalue weighted by Gasteiger charge is 2.26. The zero-order valence-corrected chi connectivity index (χ0v) is 19.2. The molecule has 170 valence electrons. The molecule has 8 nitrogen and oxygen atoms in total. The van der Waals surface area contributed by atoms with Crippen molar-refractivity contribution < 1.29 is 22.4 Å². The van der Waals surface area contributed by atoms with Crippen molar-refractivity contribution in [2.24, 2.45) is 0 Å². The first-order chi connectivity index (χ1) is 16.0. The normalized spacial score (nSPS) is 15.0. The average Bonchev–Trinajstić information content (AvgIpc) is 3.50. The number of rotatable bonds is 7. The van der Waals surface area contributed by atoms with E-state index < -0.39 is 10.0 Å². The van der Waals surface area contributed by atoms with Crippen molar-refractivity contribution >= 4 is 43.2 Å². The summed E-state index contributed by atoms with van der Waals surface area (Å²) >= 11 is 1.37. The van der Waals surface area contributed by atoms with Gasteiger partial charge >= 0.3 is 0 Å². The van der Waals surface area contributed by atoms with Crippen LogP contribution in [0.25, 0.3) is 22.2 Å². The van der Waals surface area contributed by atoms with E-state index in [1.807, 2.05) is 29.6 Å². The van der Waals surface area contributed by atoms with Crippen LogP contribution in [0.2, 0.25) is 0 Å². The Morgan fingerprint density at radius 2 is 1.85 bits per heavy atom. The highest BCUT2D eigenvalue weighted by Crippen LogP contribution is 2.27. The van der Waals surface area contributed by atoms with Crippen molar-refractivity contribution in [1.82, 2.24) is 9.29 Å².